The van der Waals surface area contributed by atoms with Gasteiger partial charge in [0, 0.05) is 37.9 Å². The van der Waals surface area contributed by atoms with Gasteiger partial charge in [0.05, 0.1) is 5.56 Å². The van der Waals surface area contributed by atoms with Crippen LogP contribution in [-0.2, 0) is 10.0 Å². The minimum absolute atomic E-state index is 0.0163. The number of aromatic amines is 1. The number of H-pyrrole nitrogens is 1. The van der Waals surface area contributed by atoms with Gasteiger partial charge in [0.1, 0.15) is 11.6 Å². The van der Waals surface area contributed by atoms with Crippen molar-refractivity contribution >= 4 is 27.3 Å². The molecule has 1 N–H and O–H groups in total. The zero-order valence-corrected chi connectivity index (χ0v) is 15.3. The Labute approximate surface area is 151 Å². The Hall–Kier alpha value is -2.11. The number of benzene rings is 1. The second kappa shape index (κ2) is 6.89. The lowest BCUT2D eigenvalue weighted by Gasteiger charge is -2.33. The molecule has 0 unspecified atom stereocenters. The first-order valence-electron chi connectivity index (χ1n) is 7.64. The second-order valence-corrected chi connectivity index (χ2v) is 8.86. The van der Waals surface area contributed by atoms with E-state index in [0.29, 0.717) is 17.4 Å². The van der Waals surface area contributed by atoms with Crippen LogP contribution in [-0.4, -0.2) is 54.7 Å². The molecule has 1 aromatic heterocycles. The van der Waals surface area contributed by atoms with E-state index in [-0.39, 0.29) is 41.6 Å². The first-order valence-corrected chi connectivity index (χ1v) is 9.90. The molecule has 11 heteroatoms. The first-order chi connectivity index (χ1) is 12.2. The Kier molecular flexibility index (Phi) is 4.95. The summed E-state index contributed by atoms with van der Waals surface area (Å²) in [5.41, 5.74) is 0.00861. The third-order valence-electron chi connectivity index (χ3n) is 4.04. The van der Waals surface area contributed by atoms with E-state index in [1.807, 2.05) is 0 Å². The van der Waals surface area contributed by atoms with Crippen molar-refractivity contribution in [2.75, 3.05) is 26.2 Å². The van der Waals surface area contributed by atoms with Gasteiger partial charge in [-0.2, -0.15) is 4.31 Å². The van der Waals surface area contributed by atoms with Gasteiger partial charge in [-0.25, -0.2) is 17.2 Å². The lowest BCUT2D eigenvalue weighted by Crippen LogP contribution is -2.50. The molecule has 0 bridgehead atoms. The summed E-state index contributed by atoms with van der Waals surface area (Å²) in [6.07, 6.45) is 0. The highest BCUT2D eigenvalue weighted by Gasteiger charge is 2.33. The van der Waals surface area contributed by atoms with Gasteiger partial charge in [-0.05, 0) is 19.1 Å². The van der Waals surface area contributed by atoms with Crippen LogP contribution in [0, 0.1) is 18.6 Å². The van der Waals surface area contributed by atoms with E-state index in [0.717, 1.165) is 12.1 Å². The average Bonchev–Trinajstić information content (AvgIpc) is 2.93. The Morgan fingerprint density at radius 2 is 1.85 bits per heavy atom. The SMILES string of the molecule is Cc1[nH]c(=O)sc1S(=O)(=O)N1CCN(C(=O)c2ccc(F)cc2F)CC1. The van der Waals surface area contributed by atoms with Crippen LogP contribution in [0.25, 0.3) is 0 Å². The van der Waals surface area contributed by atoms with Gasteiger partial charge >= 0.3 is 4.87 Å². The molecule has 0 aliphatic carbocycles. The van der Waals surface area contributed by atoms with Crippen LogP contribution in [0.4, 0.5) is 8.78 Å². The number of hydrogen-bond acceptors (Lipinski definition) is 5. The van der Waals surface area contributed by atoms with Crippen molar-refractivity contribution in [1.29, 1.82) is 0 Å². The van der Waals surface area contributed by atoms with Gasteiger partial charge in [0.2, 0.25) is 0 Å². The maximum atomic E-state index is 13.8. The third kappa shape index (κ3) is 3.41. The molecule has 1 amide bonds. The molecular weight excluding hydrogens is 388 g/mol. The van der Waals surface area contributed by atoms with Crippen LogP contribution in [0.3, 0.4) is 0 Å². The average molecular weight is 403 g/mol. The number of rotatable bonds is 3. The van der Waals surface area contributed by atoms with E-state index in [2.05, 4.69) is 4.98 Å². The van der Waals surface area contributed by atoms with Crippen LogP contribution in [0.1, 0.15) is 16.1 Å². The molecule has 1 aromatic carbocycles. The number of aryl methyl sites for hydroxylation is 1. The lowest BCUT2D eigenvalue weighted by molar-refractivity contribution is 0.0693. The first kappa shape index (κ1) is 18.7. The number of halogens is 2. The molecule has 2 aromatic rings. The number of hydrogen-bond donors (Lipinski definition) is 1. The van der Waals surface area contributed by atoms with Crippen LogP contribution in [0.15, 0.2) is 27.2 Å². The number of nitrogens with one attached hydrogen (secondary N) is 1. The van der Waals surface area contributed by atoms with Crippen LogP contribution in [0.2, 0.25) is 0 Å². The Morgan fingerprint density at radius 1 is 1.19 bits per heavy atom. The smallest absolute Gasteiger partial charge is 0.305 e. The van der Waals surface area contributed by atoms with E-state index in [4.69, 9.17) is 0 Å². The summed E-state index contributed by atoms with van der Waals surface area (Å²) in [4.78, 5) is 27.0. The van der Waals surface area contributed by atoms with Gasteiger partial charge in [0.15, 0.2) is 4.21 Å². The molecule has 0 spiro atoms. The van der Waals surface area contributed by atoms with Gasteiger partial charge in [-0.15, -0.1) is 0 Å². The summed E-state index contributed by atoms with van der Waals surface area (Å²) in [6, 6.07) is 2.69. The number of amides is 1. The molecule has 3 rings (SSSR count). The van der Waals surface area contributed by atoms with Crippen LogP contribution in [0.5, 0.6) is 0 Å². The topological polar surface area (TPSA) is 90.5 Å². The molecule has 1 aliphatic rings. The lowest BCUT2D eigenvalue weighted by atomic mass is 10.1. The Morgan fingerprint density at radius 3 is 2.38 bits per heavy atom. The second-order valence-electron chi connectivity index (χ2n) is 5.75. The fourth-order valence-electron chi connectivity index (χ4n) is 2.72. The summed E-state index contributed by atoms with van der Waals surface area (Å²) in [7, 11) is -3.84. The number of carbonyl (C=O) groups is 1. The Bertz CT molecular complexity index is 1010. The van der Waals surface area contributed by atoms with Crippen molar-refractivity contribution in [3.8, 4) is 0 Å². The number of aromatic nitrogens is 1. The molecule has 140 valence electrons. The fourth-order valence-corrected chi connectivity index (χ4v) is 5.58. The predicted molar refractivity (Wildman–Crippen MR) is 90.7 cm³/mol. The largest absolute Gasteiger partial charge is 0.336 e. The molecule has 2 heterocycles. The van der Waals surface area contributed by atoms with Crippen molar-refractivity contribution in [2.45, 2.75) is 11.1 Å². The standard InChI is InChI=1S/C15H15F2N3O4S2/c1-9-14(25-15(22)18-9)26(23,24)20-6-4-19(5-7-20)13(21)11-3-2-10(16)8-12(11)17/h2-3,8H,4-7H2,1H3,(H,18,22). The van der Waals surface area contributed by atoms with E-state index in [1.165, 1.54) is 16.1 Å². The third-order valence-corrected chi connectivity index (χ3v) is 7.52. The molecule has 1 fully saturated rings. The number of thiazole rings is 1. The van der Waals surface area contributed by atoms with Crippen LogP contribution < -0.4 is 4.87 Å². The summed E-state index contributed by atoms with van der Waals surface area (Å²) in [6.45, 7) is 1.66. The van der Waals surface area contributed by atoms with E-state index >= 15 is 0 Å². The molecule has 7 nitrogen and oxygen atoms in total. The zero-order chi connectivity index (χ0) is 19.1. The summed E-state index contributed by atoms with van der Waals surface area (Å²) < 4.78 is 53.1. The van der Waals surface area contributed by atoms with Crippen molar-refractivity contribution in [1.82, 2.24) is 14.2 Å². The van der Waals surface area contributed by atoms with E-state index in [9.17, 15) is 26.8 Å². The summed E-state index contributed by atoms with van der Waals surface area (Å²) >= 11 is 0.616. The normalized spacial score (nSPS) is 16.0. The van der Waals surface area contributed by atoms with E-state index in [1.54, 1.807) is 0 Å². The maximum Gasteiger partial charge on any atom is 0.305 e. The van der Waals surface area contributed by atoms with Crippen molar-refractivity contribution in [3.63, 3.8) is 0 Å². The monoisotopic (exact) mass is 403 g/mol. The zero-order valence-electron chi connectivity index (χ0n) is 13.7. The minimum Gasteiger partial charge on any atom is -0.336 e. The highest BCUT2D eigenvalue weighted by atomic mass is 32.2. The Balaban J connectivity index is 1.74. The molecule has 26 heavy (non-hydrogen) atoms. The van der Waals surface area contributed by atoms with Crippen molar-refractivity contribution in [2.24, 2.45) is 0 Å². The molecule has 0 radical (unpaired) electrons. The predicted octanol–water partition coefficient (Wildman–Crippen LogP) is 1.17. The highest BCUT2D eigenvalue weighted by Crippen LogP contribution is 2.23. The highest BCUT2D eigenvalue weighted by molar-refractivity contribution is 7.91. The number of piperazine rings is 1. The van der Waals surface area contributed by atoms with Crippen molar-refractivity contribution in [3.05, 3.63) is 50.8 Å². The number of carbonyl (C=O) groups excluding carboxylic acids is 1. The van der Waals surface area contributed by atoms with Gasteiger partial charge in [0.25, 0.3) is 15.9 Å². The minimum atomic E-state index is -3.84. The molecule has 1 aliphatic heterocycles. The number of nitrogens with zero attached hydrogens (tertiary/aromatic N) is 2. The summed E-state index contributed by atoms with van der Waals surface area (Å²) in [5.74, 6) is -2.37. The van der Waals surface area contributed by atoms with Crippen molar-refractivity contribution < 1.29 is 22.0 Å². The van der Waals surface area contributed by atoms with E-state index < -0.39 is 32.4 Å². The van der Waals surface area contributed by atoms with Gasteiger partial charge in [-0.3, -0.25) is 9.59 Å². The maximum absolute atomic E-state index is 13.8. The quantitative estimate of drug-likeness (QED) is 0.833. The molecule has 0 saturated carbocycles. The van der Waals surface area contributed by atoms with Gasteiger partial charge < -0.3 is 9.88 Å². The molecule has 1 saturated heterocycles. The summed E-state index contributed by atoms with van der Waals surface area (Å²) in [5, 5.41) is 0. The van der Waals surface area contributed by atoms with Gasteiger partial charge in [-0.1, -0.05) is 11.3 Å². The molecule has 0 atom stereocenters. The molecular formula is C15H15F2N3O4S2. The number of sulfonamides is 1. The van der Waals surface area contributed by atoms with Crippen LogP contribution >= 0.6 is 11.3 Å². The fraction of sp³-hybridized carbons (Fsp3) is 0.333.